The Morgan fingerprint density at radius 2 is 2.20 bits per heavy atom. The van der Waals surface area contributed by atoms with Crippen LogP contribution in [0.2, 0.25) is 0 Å². The van der Waals surface area contributed by atoms with E-state index in [0.29, 0.717) is 5.56 Å². The molecule has 0 aliphatic carbocycles. The Kier molecular flexibility index (Phi) is 2.27. The Morgan fingerprint density at radius 3 is 2.70 bits per heavy atom. The van der Waals surface area contributed by atoms with Gasteiger partial charge in [0.25, 0.3) is 0 Å². The molecule has 0 saturated heterocycles. The van der Waals surface area contributed by atoms with Crippen molar-refractivity contribution in [2.75, 3.05) is 0 Å². The number of halogens is 2. The second kappa shape index (κ2) is 3.01. The molecule has 0 aliphatic heterocycles. The fraction of sp³-hybridized carbons (Fsp3) is 0.143. The lowest BCUT2D eigenvalue weighted by Gasteiger charge is -1.98. The molecule has 1 aromatic carbocycles. The molecule has 0 saturated carbocycles. The average molecular weight is 205 g/mol. The molecule has 1 rings (SSSR count). The minimum absolute atomic E-state index is 0.00528. The van der Waals surface area contributed by atoms with Gasteiger partial charge < -0.3 is 5.11 Å². The molecule has 3 heteroatoms. The van der Waals surface area contributed by atoms with Gasteiger partial charge in [0.1, 0.15) is 12.4 Å². The number of benzene rings is 1. The smallest absolute Gasteiger partial charge is 0.121 e. The van der Waals surface area contributed by atoms with Crippen molar-refractivity contribution in [3.8, 4) is 5.75 Å². The minimum atomic E-state index is -0.634. The van der Waals surface area contributed by atoms with Gasteiger partial charge in [-0.3, -0.25) is 0 Å². The monoisotopic (exact) mass is 204 g/mol. The Balaban J connectivity index is 3.09. The lowest BCUT2D eigenvalue weighted by Crippen LogP contribution is -1.78. The molecule has 0 aromatic heterocycles. The average Bonchev–Trinajstić information content (AvgIpc) is 1.94. The Bertz CT molecular complexity index is 237. The predicted octanol–water partition coefficient (Wildman–Crippen LogP) is 2.62. The number of phenols is 1. The van der Waals surface area contributed by atoms with Crippen LogP contribution in [0.5, 0.6) is 5.75 Å². The van der Waals surface area contributed by atoms with Gasteiger partial charge >= 0.3 is 0 Å². The Labute approximate surface area is 66.6 Å². The van der Waals surface area contributed by atoms with E-state index < -0.39 is 6.67 Å². The summed E-state index contributed by atoms with van der Waals surface area (Å²) in [7, 11) is 0. The number of alkyl halides is 1. The van der Waals surface area contributed by atoms with Crippen molar-refractivity contribution < 1.29 is 9.50 Å². The second-order valence-electron chi connectivity index (χ2n) is 1.91. The van der Waals surface area contributed by atoms with Crippen LogP contribution in [0.3, 0.4) is 0 Å². The van der Waals surface area contributed by atoms with Gasteiger partial charge in [0.05, 0.1) is 0 Å². The molecular weight excluding hydrogens is 199 g/mol. The van der Waals surface area contributed by atoms with Crippen molar-refractivity contribution in [2.45, 2.75) is 6.67 Å². The van der Waals surface area contributed by atoms with E-state index in [1.165, 1.54) is 6.07 Å². The van der Waals surface area contributed by atoms with Crippen LogP contribution in [0.15, 0.2) is 22.7 Å². The van der Waals surface area contributed by atoms with Crippen LogP contribution in [-0.4, -0.2) is 5.11 Å². The van der Waals surface area contributed by atoms with Crippen molar-refractivity contribution in [1.82, 2.24) is 0 Å². The third-order valence-electron chi connectivity index (χ3n) is 1.19. The standard InChI is InChI=1S/C7H6BrFO/c8-6-1-2-7(10)5(3-6)4-9/h1-3,10H,4H2. The van der Waals surface area contributed by atoms with Gasteiger partial charge in [-0.15, -0.1) is 0 Å². The topological polar surface area (TPSA) is 20.2 Å². The molecule has 1 nitrogen and oxygen atoms in total. The second-order valence-corrected chi connectivity index (χ2v) is 2.82. The fourth-order valence-corrected chi connectivity index (χ4v) is 1.07. The van der Waals surface area contributed by atoms with E-state index in [4.69, 9.17) is 5.11 Å². The van der Waals surface area contributed by atoms with Gasteiger partial charge in [-0.25, -0.2) is 4.39 Å². The van der Waals surface area contributed by atoms with E-state index in [-0.39, 0.29) is 5.75 Å². The fourth-order valence-electron chi connectivity index (χ4n) is 0.661. The molecule has 0 unspecified atom stereocenters. The van der Waals surface area contributed by atoms with E-state index in [1.54, 1.807) is 12.1 Å². The molecule has 1 N–H and O–H groups in total. The molecule has 54 valence electrons. The number of hydrogen-bond donors (Lipinski definition) is 1. The molecule has 0 spiro atoms. The van der Waals surface area contributed by atoms with Crippen molar-refractivity contribution in [3.05, 3.63) is 28.2 Å². The van der Waals surface area contributed by atoms with Crippen LogP contribution in [0.25, 0.3) is 0 Å². The zero-order valence-corrected chi connectivity index (χ0v) is 6.73. The summed E-state index contributed by atoms with van der Waals surface area (Å²) in [5, 5.41) is 8.97. The molecule has 0 radical (unpaired) electrons. The molecule has 10 heavy (non-hydrogen) atoms. The zero-order valence-electron chi connectivity index (χ0n) is 5.14. The SMILES string of the molecule is Oc1ccc(Br)cc1CF. The summed E-state index contributed by atoms with van der Waals surface area (Å²) in [6.07, 6.45) is 0. The van der Waals surface area contributed by atoms with Crippen LogP contribution < -0.4 is 0 Å². The molecule has 0 heterocycles. The van der Waals surface area contributed by atoms with E-state index in [9.17, 15) is 4.39 Å². The largest absolute Gasteiger partial charge is 0.508 e. The lowest BCUT2D eigenvalue weighted by atomic mass is 10.2. The predicted molar refractivity (Wildman–Crippen MR) is 40.6 cm³/mol. The van der Waals surface area contributed by atoms with Crippen LogP contribution in [-0.2, 0) is 6.67 Å². The first-order valence-corrected chi connectivity index (χ1v) is 3.56. The van der Waals surface area contributed by atoms with Crippen LogP contribution in [0, 0.1) is 0 Å². The molecule has 0 atom stereocenters. The van der Waals surface area contributed by atoms with E-state index in [0.717, 1.165) is 4.47 Å². The maximum atomic E-state index is 12.0. The van der Waals surface area contributed by atoms with Crippen LogP contribution in [0.4, 0.5) is 4.39 Å². The van der Waals surface area contributed by atoms with Gasteiger partial charge in [-0.2, -0.15) is 0 Å². The van der Waals surface area contributed by atoms with Crippen molar-refractivity contribution in [3.63, 3.8) is 0 Å². The third-order valence-corrected chi connectivity index (χ3v) is 1.68. The van der Waals surface area contributed by atoms with Crippen LogP contribution >= 0.6 is 15.9 Å². The molecule has 0 bridgehead atoms. The van der Waals surface area contributed by atoms with E-state index >= 15 is 0 Å². The van der Waals surface area contributed by atoms with Gasteiger partial charge in [0, 0.05) is 10.0 Å². The highest BCUT2D eigenvalue weighted by molar-refractivity contribution is 9.10. The summed E-state index contributed by atoms with van der Waals surface area (Å²) < 4.78 is 12.8. The Hall–Kier alpha value is -0.570. The van der Waals surface area contributed by atoms with Gasteiger partial charge in [0.2, 0.25) is 0 Å². The number of rotatable bonds is 1. The van der Waals surface area contributed by atoms with E-state index in [1.807, 2.05) is 0 Å². The van der Waals surface area contributed by atoms with Gasteiger partial charge in [-0.05, 0) is 18.2 Å². The summed E-state index contributed by atoms with van der Waals surface area (Å²) >= 11 is 3.16. The first kappa shape index (κ1) is 7.54. The highest BCUT2D eigenvalue weighted by atomic mass is 79.9. The number of hydrogen-bond acceptors (Lipinski definition) is 1. The summed E-state index contributed by atoms with van der Waals surface area (Å²) in [6.45, 7) is -0.634. The lowest BCUT2D eigenvalue weighted by molar-refractivity contribution is 0.432. The van der Waals surface area contributed by atoms with E-state index in [2.05, 4.69) is 15.9 Å². The normalized spacial score (nSPS) is 9.80. The molecule has 0 aliphatic rings. The number of aromatic hydroxyl groups is 1. The molecular formula is C7H6BrFO. The summed E-state index contributed by atoms with van der Waals surface area (Å²) in [4.78, 5) is 0. The summed E-state index contributed by atoms with van der Waals surface area (Å²) in [6, 6.07) is 4.67. The molecule has 0 amide bonds. The van der Waals surface area contributed by atoms with Crippen molar-refractivity contribution in [2.24, 2.45) is 0 Å². The first-order chi connectivity index (χ1) is 4.74. The van der Waals surface area contributed by atoms with Crippen molar-refractivity contribution >= 4 is 15.9 Å². The maximum absolute atomic E-state index is 12.0. The summed E-state index contributed by atoms with van der Waals surface area (Å²) in [5.41, 5.74) is 0.314. The van der Waals surface area contributed by atoms with Gasteiger partial charge in [-0.1, -0.05) is 15.9 Å². The van der Waals surface area contributed by atoms with Crippen LogP contribution in [0.1, 0.15) is 5.56 Å². The minimum Gasteiger partial charge on any atom is -0.508 e. The highest BCUT2D eigenvalue weighted by Crippen LogP contribution is 2.22. The Morgan fingerprint density at radius 1 is 1.50 bits per heavy atom. The number of phenolic OH excluding ortho intramolecular Hbond substituents is 1. The molecule has 0 fully saturated rings. The molecule has 1 aromatic rings. The van der Waals surface area contributed by atoms with Gasteiger partial charge in [0.15, 0.2) is 0 Å². The first-order valence-electron chi connectivity index (χ1n) is 2.77. The maximum Gasteiger partial charge on any atom is 0.121 e. The summed E-state index contributed by atoms with van der Waals surface area (Å²) in [5.74, 6) is 0.00528. The van der Waals surface area contributed by atoms with Crippen molar-refractivity contribution in [1.29, 1.82) is 0 Å². The quantitative estimate of drug-likeness (QED) is 0.746. The third kappa shape index (κ3) is 1.48. The highest BCUT2D eigenvalue weighted by Gasteiger charge is 1.99. The zero-order chi connectivity index (χ0) is 7.56.